The molecule has 0 saturated carbocycles. The fourth-order valence-electron chi connectivity index (χ4n) is 1.30. The van der Waals surface area contributed by atoms with E-state index in [1.165, 1.54) is 7.11 Å². The number of hydrogen-bond acceptors (Lipinski definition) is 3. The number of ketones is 1. The second-order valence-electron chi connectivity index (χ2n) is 3.77. The summed E-state index contributed by atoms with van der Waals surface area (Å²) in [6.07, 6.45) is 9.22. The molecule has 0 saturated heterocycles. The highest BCUT2D eigenvalue weighted by molar-refractivity contribution is 5.79. The molecule has 92 valence electrons. The molecular weight excluding hydrogens is 204 g/mol. The van der Waals surface area contributed by atoms with Gasteiger partial charge in [0.2, 0.25) is 0 Å². The van der Waals surface area contributed by atoms with Gasteiger partial charge in [-0.1, -0.05) is 25.5 Å². The summed E-state index contributed by atoms with van der Waals surface area (Å²) in [6.45, 7) is 2.13. The van der Waals surface area contributed by atoms with Crippen LogP contribution >= 0.6 is 0 Å². The average molecular weight is 226 g/mol. The second kappa shape index (κ2) is 10.4. The van der Waals surface area contributed by atoms with E-state index in [-0.39, 0.29) is 11.8 Å². The smallest absolute Gasteiger partial charge is 0.305 e. The van der Waals surface area contributed by atoms with Crippen molar-refractivity contribution in [3.8, 4) is 0 Å². The number of unbranched alkanes of at least 4 members (excludes halogenated alkanes) is 1. The molecule has 0 bridgehead atoms. The highest BCUT2D eigenvalue weighted by Crippen LogP contribution is 2.03. The predicted molar refractivity (Wildman–Crippen MR) is 64.2 cm³/mol. The van der Waals surface area contributed by atoms with Crippen LogP contribution in [0.25, 0.3) is 0 Å². The predicted octanol–water partition coefficient (Wildman–Crippen LogP) is 3.04. The number of rotatable bonds is 9. The van der Waals surface area contributed by atoms with Crippen molar-refractivity contribution >= 4 is 11.8 Å². The van der Waals surface area contributed by atoms with Crippen LogP contribution in [0, 0.1) is 0 Å². The Morgan fingerprint density at radius 2 is 1.75 bits per heavy atom. The Morgan fingerprint density at radius 1 is 1.06 bits per heavy atom. The van der Waals surface area contributed by atoms with Gasteiger partial charge >= 0.3 is 5.97 Å². The summed E-state index contributed by atoms with van der Waals surface area (Å²) in [5, 5.41) is 0. The normalized spacial score (nSPS) is 10.6. The van der Waals surface area contributed by atoms with Gasteiger partial charge in [0.25, 0.3) is 0 Å². The van der Waals surface area contributed by atoms with Crippen LogP contribution in [0.2, 0.25) is 0 Å². The summed E-state index contributed by atoms with van der Waals surface area (Å²) in [7, 11) is 1.36. The van der Waals surface area contributed by atoms with E-state index in [9.17, 15) is 9.59 Å². The van der Waals surface area contributed by atoms with E-state index in [1.54, 1.807) is 0 Å². The summed E-state index contributed by atoms with van der Waals surface area (Å²) < 4.78 is 4.50. The fraction of sp³-hybridized carbons (Fsp3) is 0.692. The minimum atomic E-state index is -0.240. The van der Waals surface area contributed by atoms with Crippen LogP contribution in [0.15, 0.2) is 12.2 Å². The number of allylic oxidation sites excluding steroid dienone is 2. The molecule has 0 fully saturated rings. The minimum Gasteiger partial charge on any atom is -0.469 e. The van der Waals surface area contributed by atoms with Crippen molar-refractivity contribution in [3.05, 3.63) is 12.2 Å². The third-order valence-electron chi connectivity index (χ3n) is 2.28. The molecule has 0 atom stereocenters. The molecule has 0 aromatic heterocycles. The van der Waals surface area contributed by atoms with E-state index in [0.717, 1.165) is 19.3 Å². The van der Waals surface area contributed by atoms with Gasteiger partial charge in [-0.05, 0) is 19.3 Å². The van der Waals surface area contributed by atoms with Gasteiger partial charge in [-0.3, -0.25) is 9.59 Å². The van der Waals surface area contributed by atoms with Gasteiger partial charge in [0, 0.05) is 19.3 Å². The molecular formula is C13H22O3. The molecule has 0 aliphatic carbocycles. The maximum absolute atomic E-state index is 11.4. The molecule has 0 N–H and O–H groups in total. The second-order valence-corrected chi connectivity index (χ2v) is 3.77. The summed E-state index contributed by atoms with van der Waals surface area (Å²) in [5.74, 6) is -0.0132. The molecule has 0 amide bonds. The molecule has 0 aromatic rings. The van der Waals surface area contributed by atoms with Crippen molar-refractivity contribution < 1.29 is 14.3 Å². The van der Waals surface area contributed by atoms with E-state index in [1.807, 2.05) is 0 Å². The van der Waals surface area contributed by atoms with Crippen LogP contribution in [-0.4, -0.2) is 18.9 Å². The van der Waals surface area contributed by atoms with Gasteiger partial charge in [-0.2, -0.15) is 0 Å². The van der Waals surface area contributed by atoms with Crippen molar-refractivity contribution in [2.45, 2.75) is 51.9 Å². The number of Topliss-reactive ketones (excluding diaryl/α,β-unsaturated/α-hetero) is 1. The van der Waals surface area contributed by atoms with Crippen molar-refractivity contribution in [2.24, 2.45) is 0 Å². The Hall–Kier alpha value is -1.12. The average Bonchev–Trinajstić information content (AvgIpc) is 2.28. The summed E-state index contributed by atoms with van der Waals surface area (Å²) >= 11 is 0. The van der Waals surface area contributed by atoms with Gasteiger partial charge in [0.05, 0.1) is 7.11 Å². The lowest BCUT2D eigenvalue weighted by Gasteiger charge is -1.99. The lowest BCUT2D eigenvalue weighted by molar-refractivity contribution is -0.140. The van der Waals surface area contributed by atoms with Crippen LogP contribution in [-0.2, 0) is 14.3 Å². The first-order valence-electron chi connectivity index (χ1n) is 5.94. The van der Waals surface area contributed by atoms with Gasteiger partial charge in [-0.25, -0.2) is 0 Å². The van der Waals surface area contributed by atoms with Crippen LogP contribution in [0.3, 0.4) is 0 Å². The molecule has 0 aliphatic heterocycles. The zero-order valence-electron chi connectivity index (χ0n) is 10.3. The Balaban J connectivity index is 3.41. The maximum Gasteiger partial charge on any atom is 0.305 e. The van der Waals surface area contributed by atoms with Crippen molar-refractivity contribution in [1.29, 1.82) is 0 Å². The first-order valence-corrected chi connectivity index (χ1v) is 5.94. The van der Waals surface area contributed by atoms with Crippen molar-refractivity contribution in [1.82, 2.24) is 0 Å². The molecule has 0 spiro atoms. The summed E-state index contributed by atoms with van der Waals surface area (Å²) in [4.78, 5) is 22.1. The largest absolute Gasteiger partial charge is 0.469 e. The number of hydrogen-bond donors (Lipinski definition) is 0. The van der Waals surface area contributed by atoms with E-state index < -0.39 is 0 Å². The van der Waals surface area contributed by atoms with Crippen molar-refractivity contribution in [2.75, 3.05) is 7.11 Å². The number of methoxy groups -OCH3 is 1. The monoisotopic (exact) mass is 226 g/mol. The Labute approximate surface area is 97.9 Å². The number of esters is 1. The zero-order valence-corrected chi connectivity index (χ0v) is 10.3. The fourth-order valence-corrected chi connectivity index (χ4v) is 1.30. The SMILES string of the molecule is CCCC=CCCC(=O)CCCC(=O)OC. The van der Waals surface area contributed by atoms with Crippen LogP contribution in [0.1, 0.15) is 51.9 Å². The number of ether oxygens (including phenoxy) is 1. The molecule has 3 heteroatoms. The Bertz CT molecular complexity index is 231. The van der Waals surface area contributed by atoms with Gasteiger partial charge in [0.1, 0.15) is 5.78 Å². The lowest BCUT2D eigenvalue weighted by Crippen LogP contribution is -2.02. The van der Waals surface area contributed by atoms with Gasteiger partial charge in [0.15, 0.2) is 0 Å². The number of carbonyl (C=O) groups is 2. The zero-order chi connectivity index (χ0) is 12.2. The molecule has 3 nitrogen and oxygen atoms in total. The highest BCUT2D eigenvalue weighted by atomic mass is 16.5. The van der Waals surface area contributed by atoms with Crippen LogP contribution in [0.5, 0.6) is 0 Å². The summed E-state index contributed by atoms with van der Waals surface area (Å²) in [5.41, 5.74) is 0. The first kappa shape index (κ1) is 14.9. The van der Waals surface area contributed by atoms with Crippen LogP contribution in [0.4, 0.5) is 0 Å². The third kappa shape index (κ3) is 9.44. The van der Waals surface area contributed by atoms with Crippen molar-refractivity contribution in [3.63, 3.8) is 0 Å². The van der Waals surface area contributed by atoms with E-state index in [0.29, 0.717) is 25.7 Å². The Morgan fingerprint density at radius 3 is 2.38 bits per heavy atom. The van der Waals surface area contributed by atoms with Gasteiger partial charge in [-0.15, -0.1) is 0 Å². The first-order chi connectivity index (χ1) is 7.70. The molecule has 0 radical (unpaired) electrons. The minimum absolute atomic E-state index is 0.227. The quantitative estimate of drug-likeness (QED) is 0.448. The molecule has 0 aliphatic rings. The van der Waals surface area contributed by atoms with E-state index in [2.05, 4.69) is 23.8 Å². The standard InChI is InChI=1S/C13H22O3/c1-3-4-5-6-7-9-12(14)10-8-11-13(15)16-2/h5-6H,3-4,7-11H2,1-2H3. The topological polar surface area (TPSA) is 43.4 Å². The van der Waals surface area contributed by atoms with E-state index >= 15 is 0 Å². The third-order valence-corrected chi connectivity index (χ3v) is 2.28. The molecule has 0 aromatic carbocycles. The van der Waals surface area contributed by atoms with Crippen LogP contribution < -0.4 is 0 Å². The maximum atomic E-state index is 11.4. The highest BCUT2D eigenvalue weighted by Gasteiger charge is 2.04. The van der Waals surface area contributed by atoms with E-state index in [4.69, 9.17) is 0 Å². The van der Waals surface area contributed by atoms with Gasteiger partial charge < -0.3 is 4.74 Å². The number of carbonyl (C=O) groups excluding carboxylic acids is 2. The molecule has 0 unspecified atom stereocenters. The molecule has 16 heavy (non-hydrogen) atoms. The summed E-state index contributed by atoms with van der Waals surface area (Å²) in [6, 6.07) is 0. The Kier molecular flexibility index (Phi) is 9.67. The molecule has 0 rings (SSSR count). The molecule has 0 heterocycles. The lowest BCUT2D eigenvalue weighted by atomic mass is 10.1.